The summed E-state index contributed by atoms with van der Waals surface area (Å²) in [7, 11) is 0. The minimum absolute atomic E-state index is 0.268. The summed E-state index contributed by atoms with van der Waals surface area (Å²) in [4.78, 5) is 21.1. The van der Waals surface area contributed by atoms with Crippen LogP contribution in [0.1, 0.15) is 43.5 Å². The van der Waals surface area contributed by atoms with Crippen molar-refractivity contribution in [1.29, 1.82) is 0 Å². The molecule has 1 aliphatic heterocycles. The average molecular weight is 396 g/mol. The Balaban J connectivity index is 1.68. The van der Waals surface area contributed by atoms with Gasteiger partial charge in [0.1, 0.15) is 5.66 Å². The molecular formula is C20H25N7S. The van der Waals surface area contributed by atoms with Crippen molar-refractivity contribution >= 4 is 29.4 Å². The first-order valence-corrected chi connectivity index (χ1v) is 10.4. The monoisotopic (exact) mass is 395 g/mol. The molecule has 1 saturated carbocycles. The van der Waals surface area contributed by atoms with E-state index in [1.165, 1.54) is 6.42 Å². The second-order valence-corrected chi connectivity index (χ2v) is 8.39. The van der Waals surface area contributed by atoms with Crippen molar-refractivity contribution in [3.63, 3.8) is 0 Å². The van der Waals surface area contributed by atoms with Crippen LogP contribution in [0.5, 0.6) is 0 Å². The molecule has 0 saturated heterocycles. The highest BCUT2D eigenvalue weighted by Crippen LogP contribution is 2.40. The summed E-state index contributed by atoms with van der Waals surface area (Å²) in [5, 5.41) is 0.740. The summed E-state index contributed by atoms with van der Waals surface area (Å²) in [6, 6.07) is 10.2. The Labute approximate surface area is 169 Å². The van der Waals surface area contributed by atoms with Crippen LogP contribution in [0, 0.1) is 13.8 Å². The number of guanidine groups is 2. The van der Waals surface area contributed by atoms with Crippen LogP contribution < -0.4 is 16.4 Å². The Morgan fingerprint density at radius 2 is 1.71 bits per heavy atom. The topological polar surface area (TPSA) is 106 Å². The van der Waals surface area contributed by atoms with Crippen LogP contribution in [0.2, 0.25) is 0 Å². The molecule has 0 amide bonds. The Hall–Kier alpha value is -2.61. The summed E-state index contributed by atoms with van der Waals surface area (Å²) in [6.45, 7) is 3.96. The van der Waals surface area contributed by atoms with Gasteiger partial charge in [0, 0.05) is 22.0 Å². The molecular weight excluding hydrogens is 370 g/mol. The molecule has 1 spiro atoms. The second kappa shape index (κ2) is 7.43. The van der Waals surface area contributed by atoms with Crippen molar-refractivity contribution in [2.75, 3.05) is 4.90 Å². The number of hydrogen-bond donors (Lipinski definition) is 2. The van der Waals surface area contributed by atoms with Gasteiger partial charge < -0.3 is 11.5 Å². The molecule has 2 aliphatic rings. The van der Waals surface area contributed by atoms with E-state index in [2.05, 4.69) is 32.0 Å². The van der Waals surface area contributed by atoms with E-state index in [9.17, 15) is 0 Å². The highest BCUT2D eigenvalue weighted by molar-refractivity contribution is 7.99. The van der Waals surface area contributed by atoms with Crippen LogP contribution in [-0.2, 0) is 0 Å². The zero-order valence-electron chi connectivity index (χ0n) is 16.2. The van der Waals surface area contributed by atoms with Gasteiger partial charge in [-0.2, -0.15) is 4.99 Å². The fourth-order valence-electron chi connectivity index (χ4n) is 4.03. The number of aryl methyl sites for hydroxylation is 2. The second-order valence-electron chi connectivity index (χ2n) is 7.35. The Morgan fingerprint density at radius 1 is 1.00 bits per heavy atom. The van der Waals surface area contributed by atoms with E-state index >= 15 is 0 Å². The summed E-state index contributed by atoms with van der Waals surface area (Å²) < 4.78 is 0. The summed E-state index contributed by atoms with van der Waals surface area (Å²) >= 11 is 1.54. The van der Waals surface area contributed by atoms with Crippen LogP contribution >= 0.6 is 11.8 Å². The molecule has 4 N–H and O–H groups in total. The van der Waals surface area contributed by atoms with Gasteiger partial charge in [-0.1, -0.05) is 12.5 Å². The molecule has 146 valence electrons. The molecule has 7 nitrogen and oxygen atoms in total. The zero-order valence-corrected chi connectivity index (χ0v) is 17.0. The largest absolute Gasteiger partial charge is 0.369 e. The maximum absolute atomic E-state index is 6.33. The van der Waals surface area contributed by atoms with Crippen molar-refractivity contribution in [2.24, 2.45) is 21.5 Å². The molecule has 1 aliphatic carbocycles. The molecule has 28 heavy (non-hydrogen) atoms. The predicted octanol–water partition coefficient (Wildman–Crippen LogP) is 3.35. The third-order valence-corrected chi connectivity index (χ3v) is 5.95. The van der Waals surface area contributed by atoms with Crippen molar-refractivity contribution < 1.29 is 0 Å². The number of benzene rings is 1. The van der Waals surface area contributed by atoms with Crippen LogP contribution in [0.4, 0.5) is 5.69 Å². The average Bonchev–Trinajstić information content (AvgIpc) is 2.61. The van der Waals surface area contributed by atoms with E-state index in [1.54, 1.807) is 11.8 Å². The van der Waals surface area contributed by atoms with Crippen molar-refractivity contribution in [3.8, 4) is 0 Å². The number of nitrogens with two attached hydrogens (primary N) is 2. The van der Waals surface area contributed by atoms with Crippen molar-refractivity contribution in [2.45, 2.75) is 61.7 Å². The normalized spacial score (nSPS) is 18.7. The van der Waals surface area contributed by atoms with Gasteiger partial charge in [0.2, 0.25) is 11.9 Å². The fourth-order valence-corrected chi connectivity index (χ4v) is 4.94. The Morgan fingerprint density at radius 3 is 2.43 bits per heavy atom. The highest BCUT2D eigenvalue weighted by atomic mass is 32.2. The third-order valence-electron chi connectivity index (χ3n) is 5.10. The molecule has 4 rings (SSSR count). The standard InChI is InChI=1S/C20H25N7S/c1-13-11-14(2)24-19(23-13)28-16-8-6-7-15(12-16)27-18(22)25-17(21)26-20(27)9-4-3-5-10-20/h6-8,11-12H,3-5,9-10H2,1-2H3,(H4,21,22,25,26). The van der Waals surface area contributed by atoms with Gasteiger partial charge in [-0.15, -0.1) is 0 Å². The number of aromatic nitrogens is 2. The molecule has 8 heteroatoms. The van der Waals surface area contributed by atoms with E-state index in [0.717, 1.165) is 52.8 Å². The number of rotatable bonds is 3. The molecule has 0 bridgehead atoms. The lowest BCUT2D eigenvalue weighted by molar-refractivity contribution is 0.305. The van der Waals surface area contributed by atoms with E-state index in [1.807, 2.05) is 32.0 Å². The number of aliphatic imine (C=N–C) groups is 2. The number of hydrogen-bond acceptors (Lipinski definition) is 8. The summed E-state index contributed by atoms with van der Waals surface area (Å²) in [6.07, 6.45) is 5.25. The van der Waals surface area contributed by atoms with Crippen molar-refractivity contribution in [3.05, 3.63) is 41.7 Å². The summed E-state index contributed by atoms with van der Waals surface area (Å²) in [5.74, 6) is 0.670. The van der Waals surface area contributed by atoms with Gasteiger partial charge in [0.05, 0.1) is 0 Å². The molecule has 1 fully saturated rings. The van der Waals surface area contributed by atoms with Crippen LogP contribution in [0.25, 0.3) is 0 Å². The highest BCUT2D eigenvalue weighted by Gasteiger charge is 2.42. The minimum Gasteiger partial charge on any atom is -0.369 e. The van der Waals surface area contributed by atoms with Gasteiger partial charge in [-0.05, 0) is 75.6 Å². The number of anilines is 1. The van der Waals surface area contributed by atoms with Crippen LogP contribution in [-0.4, -0.2) is 27.5 Å². The first-order valence-electron chi connectivity index (χ1n) is 9.55. The molecule has 0 atom stereocenters. The van der Waals surface area contributed by atoms with Gasteiger partial charge in [0.25, 0.3) is 0 Å². The summed E-state index contributed by atoms with van der Waals surface area (Å²) in [5.41, 5.74) is 14.8. The maximum atomic E-state index is 6.33. The van der Waals surface area contributed by atoms with E-state index in [-0.39, 0.29) is 5.96 Å². The van der Waals surface area contributed by atoms with Crippen LogP contribution in [0.3, 0.4) is 0 Å². The van der Waals surface area contributed by atoms with Gasteiger partial charge in [-0.3, -0.25) is 4.90 Å². The molecule has 1 aromatic carbocycles. The lowest BCUT2D eigenvalue weighted by atomic mass is 9.87. The maximum Gasteiger partial charge on any atom is 0.220 e. The third kappa shape index (κ3) is 3.69. The first-order chi connectivity index (χ1) is 13.4. The lowest BCUT2D eigenvalue weighted by Crippen LogP contribution is -2.58. The molecule has 1 aromatic heterocycles. The smallest absolute Gasteiger partial charge is 0.220 e. The van der Waals surface area contributed by atoms with E-state index in [4.69, 9.17) is 16.5 Å². The van der Waals surface area contributed by atoms with E-state index < -0.39 is 5.66 Å². The molecule has 2 aromatic rings. The Kier molecular flexibility index (Phi) is 4.97. The van der Waals surface area contributed by atoms with Gasteiger partial charge >= 0.3 is 0 Å². The molecule has 2 heterocycles. The predicted molar refractivity (Wildman–Crippen MR) is 114 cm³/mol. The molecule has 0 unspecified atom stereocenters. The number of nitrogens with zero attached hydrogens (tertiary/aromatic N) is 5. The quantitative estimate of drug-likeness (QED) is 0.772. The first kappa shape index (κ1) is 18.7. The fraction of sp³-hybridized carbons (Fsp3) is 0.400. The zero-order chi connectivity index (χ0) is 19.7. The lowest BCUT2D eigenvalue weighted by Gasteiger charge is -2.45. The van der Waals surface area contributed by atoms with Gasteiger partial charge in [0.15, 0.2) is 5.16 Å². The van der Waals surface area contributed by atoms with E-state index in [0.29, 0.717) is 5.96 Å². The minimum atomic E-state index is -0.437. The van der Waals surface area contributed by atoms with Crippen LogP contribution in [0.15, 0.2) is 50.4 Å². The molecule has 0 radical (unpaired) electrons. The van der Waals surface area contributed by atoms with Crippen molar-refractivity contribution in [1.82, 2.24) is 9.97 Å². The SMILES string of the molecule is Cc1cc(C)nc(Sc2cccc(N3C(N)=NC(N)=NC34CCCCC4)c2)n1. The van der Waals surface area contributed by atoms with Gasteiger partial charge in [-0.25, -0.2) is 15.0 Å². The Bertz CT molecular complexity index is 927.